The molecule has 1 aromatic carbocycles. The van der Waals surface area contributed by atoms with Crippen molar-refractivity contribution < 1.29 is 17.8 Å². The van der Waals surface area contributed by atoms with E-state index in [9.17, 15) is 18.5 Å². The van der Waals surface area contributed by atoms with Crippen LogP contribution in [0.1, 0.15) is 0 Å². The minimum atomic E-state index is -4.31. The van der Waals surface area contributed by atoms with Gasteiger partial charge in [0.1, 0.15) is 11.6 Å². The Morgan fingerprint density at radius 2 is 2.00 bits per heavy atom. The summed E-state index contributed by atoms with van der Waals surface area (Å²) >= 11 is 0. The highest BCUT2D eigenvalue weighted by Crippen LogP contribution is 2.16. The maximum Gasteiger partial charge on any atom is 0.294 e. The minimum absolute atomic E-state index is 0.0724. The number of hydrogen-bond acceptors (Lipinski definition) is 6. The van der Waals surface area contributed by atoms with Gasteiger partial charge in [-0.05, 0) is 25.2 Å². The van der Waals surface area contributed by atoms with Crippen molar-refractivity contribution in [3.8, 4) is 6.07 Å². The van der Waals surface area contributed by atoms with Gasteiger partial charge < -0.3 is 15.1 Å². The van der Waals surface area contributed by atoms with Crippen LogP contribution < -0.4 is 5.32 Å². The SMILES string of the molecule is CN1CCN(C(=O)/C(C#N)=C\Nc2cccc(S(=O)(=O)O)c2)CC1. The molecule has 1 saturated heterocycles. The van der Waals surface area contributed by atoms with Crippen molar-refractivity contribution in [2.45, 2.75) is 4.90 Å². The van der Waals surface area contributed by atoms with Crippen molar-refractivity contribution in [2.24, 2.45) is 0 Å². The van der Waals surface area contributed by atoms with Crippen LogP contribution in [0.25, 0.3) is 0 Å². The molecule has 9 heteroatoms. The van der Waals surface area contributed by atoms with Crippen molar-refractivity contribution in [3.63, 3.8) is 0 Å². The number of nitriles is 1. The number of carbonyl (C=O) groups is 1. The van der Waals surface area contributed by atoms with E-state index in [1.54, 1.807) is 11.0 Å². The molecule has 1 aliphatic rings. The summed E-state index contributed by atoms with van der Waals surface area (Å²) in [6, 6.07) is 7.30. The molecule has 24 heavy (non-hydrogen) atoms. The Labute approximate surface area is 140 Å². The van der Waals surface area contributed by atoms with E-state index in [-0.39, 0.29) is 16.4 Å². The van der Waals surface area contributed by atoms with Crippen molar-refractivity contribution in [2.75, 3.05) is 38.5 Å². The van der Waals surface area contributed by atoms with Crippen molar-refractivity contribution >= 4 is 21.7 Å². The van der Waals surface area contributed by atoms with Gasteiger partial charge in [0, 0.05) is 38.1 Å². The normalized spacial score (nSPS) is 16.5. The fourth-order valence-electron chi connectivity index (χ4n) is 2.22. The Morgan fingerprint density at radius 1 is 1.33 bits per heavy atom. The molecular weight excluding hydrogens is 332 g/mol. The molecule has 1 heterocycles. The molecule has 0 bridgehead atoms. The van der Waals surface area contributed by atoms with E-state index in [1.165, 1.54) is 24.4 Å². The second-order valence-electron chi connectivity index (χ2n) is 5.41. The second kappa shape index (κ2) is 7.44. The van der Waals surface area contributed by atoms with E-state index in [0.29, 0.717) is 18.8 Å². The van der Waals surface area contributed by atoms with E-state index in [2.05, 4.69) is 10.2 Å². The zero-order valence-electron chi connectivity index (χ0n) is 13.1. The van der Waals surface area contributed by atoms with Gasteiger partial charge in [0.05, 0.1) is 4.90 Å². The molecule has 2 rings (SSSR count). The van der Waals surface area contributed by atoms with Crippen LogP contribution in [0, 0.1) is 11.3 Å². The molecule has 0 radical (unpaired) electrons. The number of carbonyl (C=O) groups excluding carboxylic acids is 1. The maximum absolute atomic E-state index is 12.3. The minimum Gasteiger partial charge on any atom is -0.360 e. The number of benzene rings is 1. The Kier molecular flexibility index (Phi) is 5.56. The van der Waals surface area contributed by atoms with Crippen LogP contribution in [0.3, 0.4) is 0 Å². The van der Waals surface area contributed by atoms with Crippen LogP contribution in [0.2, 0.25) is 0 Å². The molecule has 0 aliphatic carbocycles. The second-order valence-corrected chi connectivity index (χ2v) is 6.83. The first-order valence-corrected chi connectivity index (χ1v) is 8.67. The maximum atomic E-state index is 12.3. The lowest BCUT2D eigenvalue weighted by atomic mass is 10.2. The lowest BCUT2D eigenvalue weighted by molar-refractivity contribution is -0.128. The zero-order valence-corrected chi connectivity index (χ0v) is 14.0. The molecule has 1 aliphatic heterocycles. The number of nitrogens with zero attached hydrogens (tertiary/aromatic N) is 3. The van der Waals surface area contributed by atoms with Gasteiger partial charge in [-0.15, -0.1) is 0 Å². The third-order valence-corrected chi connectivity index (χ3v) is 4.51. The molecule has 0 unspecified atom stereocenters. The van der Waals surface area contributed by atoms with Crippen LogP contribution in [-0.4, -0.2) is 61.9 Å². The van der Waals surface area contributed by atoms with Crippen molar-refractivity contribution in [1.29, 1.82) is 5.26 Å². The van der Waals surface area contributed by atoms with Crippen LogP contribution in [-0.2, 0) is 14.9 Å². The van der Waals surface area contributed by atoms with E-state index in [1.807, 2.05) is 13.1 Å². The van der Waals surface area contributed by atoms with Gasteiger partial charge in [-0.25, -0.2) is 0 Å². The molecule has 8 nitrogen and oxygen atoms in total. The topological polar surface area (TPSA) is 114 Å². The number of hydrogen-bond donors (Lipinski definition) is 2. The Bertz CT molecular complexity index is 790. The average Bonchev–Trinajstić information content (AvgIpc) is 2.55. The fraction of sp³-hybridized carbons (Fsp3) is 0.333. The summed E-state index contributed by atoms with van der Waals surface area (Å²) in [5, 5.41) is 11.9. The van der Waals surface area contributed by atoms with Gasteiger partial charge in [0.2, 0.25) is 0 Å². The van der Waals surface area contributed by atoms with Crippen LogP contribution in [0.15, 0.2) is 40.9 Å². The Morgan fingerprint density at radius 3 is 2.58 bits per heavy atom. The molecule has 2 N–H and O–H groups in total. The van der Waals surface area contributed by atoms with Crippen molar-refractivity contribution in [3.05, 3.63) is 36.0 Å². The molecule has 1 aromatic rings. The third-order valence-electron chi connectivity index (χ3n) is 3.66. The Hall–Kier alpha value is -2.41. The molecule has 128 valence electrons. The van der Waals surface area contributed by atoms with E-state index in [4.69, 9.17) is 4.55 Å². The van der Waals surface area contributed by atoms with E-state index >= 15 is 0 Å². The molecule has 1 fully saturated rings. The zero-order chi connectivity index (χ0) is 17.7. The molecule has 0 atom stereocenters. The lowest BCUT2D eigenvalue weighted by Gasteiger charge is -2.32. The lowest BCUT2D eigenvalue weighted by Crippen LogP contribution is -2.47. The summed E-state index contributed by atoms with van der Waals surface area (Å²) in [4.78, 5) is 15.7. The van der Waals surface area contributed by atoms with Crippen LogP contribution >= 0.6 is 0 Å². The van der Waals surface area contributed by atoms with Gasteiger partial charge in [-0.3, -0.25) is 9.35 Å². The number of nitrogens with one attached hydrogen (secondary N) is 1. The first kappa shape index (κ1) is 17.9. The number of likely N-dealkylation sites (N-methyl/N-ethyl adjacent to an activating group) is 1. The highest BCUT2D eigenvalue weighted by molar-refractivity contribution is 7.85. The first-order chi connectivity index (χ1) is 11.3. The van der Waals surface area contributed by atoms with Crippen LogP contribution in [0.4, 0.5) is 5.69 Å². The van der Waals surface area contributed by atoms with Gasteiger partial charge in [-0.1, -0.05) is 6.07 Å². The first-order valence-electron chi connectivity index (χ1n) is 7.23. The summed E-state index contributed by atoms with van der Waals surface area (Å²) in [5.74, 6) is -0.371. The third kappa shape index (κ3) is 4.55. The average molecular weight is 350 g/mol. The standard InChI is InChI=1S/C15H18N4O4S/c1-18-5-7-19(8-6-18)15(20)12(10-16)11-17-13-3-2-4-14(9-13)24(21,22)23/h2-4,9,11,17H,5-8H2,1H3,(H,21,22,23)/b12-11-. The van der Waals surface area contributed by atoms with Gasteiger partial charge >= 0.3 is 0 Å². The van der Waals surface area contributed by atoms with Gasteiger partial charge in [0.25, 0.3) is 16.0 Å². The largest absolute Gasteiger partial charge is 0.360 e. The fourth-order valence-corrected chi connectivity index (χ4v) is 2.75. The number of anilines is 1. The number of rotatable bonds is 4. The predicted octanol–water partition coefficient (Wildman–Crippen LogP) is 0.527. The molecule has 0 aromatic heterocycles. The molecule has 0 saturated carbocycles. The number of amides is 1. The quantitative estimate of drug-likeness (QED) is 0.462. The van der Waals surface area contributed by atoms with Gasteiger partial charge in [0.15, 0.2) is 0 Å². The Balaban J connectivity index is 2.11. The van der Waals surface area contributed by atoms with Crippen LogP contribution in [0.5, 0.6) is 0 Å². The summed E-state index contributed by atoms with van der Waals surface area (Å²) in [6.45, 7) is 2.59. The summed E-state index contributed by atoms with van der Waals surface area (Å²) < 4.78 is 31.3. The highest BCUT2D eigenvalue weighted by Gasteiger charge is 2.22. The molecule has 0 spiro atoms. The summed E-state index contributed by atoms with van der Waals surface area (Å²) in [6.07, 6.45) is 1.24. The smallest absolute Gasteiger partial charge is 0.294 e. The predicted molar refractivity (Wildman–Crippen MR) is 87.7 cm³/mol. The highest BCUT2D eigenvalue weighted by atomic mass is 32.2. The molecular formula is C15H18N4O4S. The summed E-state index contributed by atoms with van der Waals surface area (Å²) in [7, 11) is -2.35. The van der Waals surface area contributed by atoms with Crippen molar-refractivity contribution in [1.82, 2.24) is 9.80 Å². The van der Waals surface area contributed by atoms with E-state index < -0.39 is 10.1 Å². The van der Waals surface area contributed by atoms with E-state index in [0.717, 1.165) is 13.1 Å². The number of piperazine rings is 1. The molecule has 1 amide bonds. The monoisotopic (exact) mass is 350 g/mol. The van der Waals surface area contributed by atoms with Gasteiger partial charge in [-0.2, -0.15) is 13.7 Å². The summed E-state index contributed by atoms with van der Waals surface area (Å²) in [5.41, 5.74) is 0.265.